The van der Waals surface area contributed by atoms with Crippen molar-refractivity contribution in [3.05, 3.63) is 21.9 Å². The molecule has 1 heterocycles. The Morgan fingerprint density at radius 3 is 3.08 bits per heavy atom. The van der Waals surface area contributed by atoms with Crippen LogP contribution in [-0.4, -0.2) is 11.0 Å². The molecule has 1 aromatic heterocycles. The van der Waals surface area contributed by atoms with E-state index in [1.54, 1.807) is 11.4 Å². The SMILES string of the molecule is OC1c2ccsc2CCC1(F)F. The van der Waals surface area contributed by atoms with Gasteiger partial charge in [0.25, 0.3) is 5.92 Å². The van der Waals surface area contributed by atoms with Crippen molar-refractivity contribution in [2.45, 2.75) is 24.9 Å². The largest absolute Gasteiger partial charge is 0.382 e. The summed E-state index contributed by atoms with van der Waals surface area (Å²) in [5.41, 5.74) is 0.413. The van der Waals surface area contributed by atoms with Crippen molar-refractivity contribution in [2.24, 2.45) is 0 Å². The van der Waals surface area contributed by atoms with Gasteiger partial charge < -0.3 is 5.11 Å². The molecule has 0 aliphatic heterocycles. The average Bonchev–Trinajstić information content (AvgIpc) is 2.45. The minimum absolute atomic E-state index is 0.234. The minimum Gasteiger partial charge on any atom is -0.382 e. The molecule has 0 amide bonds. The number of fused-ring (bicyclic) bond motifs is 1. The first kappa shape index (κ1) is 8.13. The van der Waals surface area contributed by atoms with Crippen molar-refractivity contribution in [1.82, 2.24) is 0 Å². The molecule has 0 saturated heterocycles. The summed E-state index contributed by atoms with van der Waals surface area (Å²) in [7, 11) is 0. The second-order valence-electron chi connectivity index (χ2n) is 2.96. The Morgan fingerprint density at radius 2 is 2.33 bits per heavy atom. The predicted octanol–water partition coefficient (Wildman–Crippen LogP) is 2.36. The first-order valence-corrected chi connectivity index (χ1v) is 4.61. The van der Waals surface area contributed by atoms with Gasteiger partial charge in [0.2, 0.25) is 0 Å². The number of aliphatic hydroxyl groups excluding tert-OH is 1. The number of aryl methyl sites for hydroxylation is 1. The van der Waals surface area contributed by atoms with E-state index >= 15 is 0 Å². The van der Waals surface area contributed by atoms with E-state index in [0.717, 1.165) is 4.88 Å². The van der Waals surface area contributed by atoms with E-state index in [1.807, 2.05) is 0 Å². The van der Waals surface area contributed by atoms with Crippen molar-refractivity contribution in [1.29, 1.82) is 0 Å². The highest BCUT2D eigenvalue weighted by Crippen LogP contribution is 2.42. The molecule has 1 aliphatic carbocycles. The number of aliphatic hydroxyl groups is 1. The van der Waals surface area contributed by atoms with Crippen LogP contribution in [0.15, 0.2) is 11.4 Å². The molecule has 1 atom stereocenters. The molecule has 1 aliphatic rings. The van der Waals surface area contributed by atoms with E-state index in [9.17, 15) is 13.9 Å². The van der Waals surface area contributed by atoms with Crippen LogP contribution < -0.4 is 0 Å². The number of alkyl halides is 2. The lowest BCUT2D eigenvalue weighted by molar-refractivity contribution is -0.121. The molecule has 0 spiro atoms. The summed E-state index contributed by atoms with van der Waals surface area (Å²) in [5, 5.41) is 11.0. The normalized spacial score (nSPS) is 26.8. The van der Waals surface area contributed by atoms with Gasteiger partial charge in [0.15, 0.2) is 0 Å². The van der Waals surface area contributed by atoms with Gasteiger partial charge in [0.1, 0.15) is 6.10 Å². The van der Waals surface area contributed by atoms with Crippen LogP contribution >= 0.6 is 11.3 Å². The number of halogens is 2. The predicted molar refractivity (Wildman–Crippen MR) is 42.5 cm³/mol. The number of hydrogen-bond acceptors (Lipinski definition) is 2. The van der Waals surface area contributed by atoms with Crippen molar-refractivity contribution >= 4 is 11.3 Å². The third-order valence-electron chi connectivity index (χ3n) is 2.16. The highest BCUT2D eigenvalue weighted by atomic mass is 32.1. The van der Waals surface area contributed by atoms with Crippen LogP contribution in [0.3, 0.4) is 0 Å². The van der Waals surface area contributed by atoms with E-state index in [2.05, 4.69) is 0 Å². The fraction of sp³-hybridized carbons (Fsp3) is 0.500. The number of thiophene rings is 1. The summed E-state index contributed by atoms with van der Waals surface area (Å²) in [6.07, 6.45) is -1.44. The zero-order valence-electron chi connectivity index (χ0n) is 6.26. The van der Waals surface area contributed by atoms with Crippen LogP contribution in [0.4, 0.5) is 8.78 Å². The minimum atomic E-state index is -2.94. The fourth-order valence-electron chi connectivity index (χ4n) is 1.44. The molecule has 66 valence electrons. The Labute approximate surface area is 72.7 Å². The van der Waals surface area contributed by atoms with Gasteiger partial charge in [-0.25, -0.2) is 8.78 Å². The van der Waals surface area contributed by atoms with Crippen LogP contribution in [0.1, 0.15) is 23.0 Å². The Balaban J connectivity index is 2.42. The zero-order valence-corrected chi connectivity index (χ0v) is 7.07. The monoisotopic (exact) mass is 190 g/mol. The van der Waals surface area contributed by atoms with Gasteiger partial charge in [-0.1, -0.05) is 0 Å². The second-order valence-corrected chi connectivity index (χ2v) is 3.96. The van der Waals surface area contributed by atoms with Gasteiger partial charge in [0.05, 0.1) is 0 Å². The summed E-state index contributed by atoms with van der Waals surface area (Å²) in [6.45, 7) is 0. The molecule has 4 heteroatoms. The topological polar surface area (TPSA) is 20.2 Å². The molecule has 1 unspecified atom stereocenters. The molecule has 1 nitrogen and oxygen atoms in total. The van der Waals surface area contributed by atoms with E-state index in [4.69, 9.17) is 0 Å². The van der Waals surface area contributed by atoms with Gasteiger partial charge in [-0.05, 0) is 17.9 Å². The third kappa shape index (κ3) is 1.06. The highest BCUT2D eigenvalue weighted by molar-refractivity contribution is 7.10. The maximum atomic E-state index is 12.9. The molecule has 1 N–H and O–H groups in total. The first-order chi connectivity index (χ1) is 5.61. The quantitative estimate of drug-likeness (QED) is 0.665. The molecule has 0 fully saturated rings. The Kier molecular flexibility index (Phi) is 1.70. The van der Waals surface area contributed by atoms with Crippen molar-refractivity contribution in [2.75, 3.05) is 0 Å². The van der Waals surface area contributed by atoms with Crippen molar-refractivity contribution < 1.29 is 13.9 Å². The maximum Gasteiger partial charge on any atom is 0.277 e. The second kappa shape index (κ2) is 2.50. The van der Waals surface area contributed by atoms with Crippen LogP contribution in [0.5, 0.6) is 0 Å². The average molecular weight is 190 g/mol. The van der Waals surface area contributed by atoms with Gasteiger partial charge >= 0.3 is 0 Å². The van der Waals surface area contributed by atoms with E-state index in [1.165, 1.54) is 11.3 Å². The Hall–Kier alpha value is -0.480. The molecule has 12 heavy (non-hydrogen) atoms. The number of rotatable bonds is 0. The molecule has 0 saturated carbocycles. The molecular formula is C8H8F2OS. The van der Waals surface area contributed by atoms with Crippen LogP contribution in [0.2, 0.25) is 0 Å². The first-order valence-electron chi connectivity index (χ1n) is 3.73. The van der Waals surface area contributed by atoms with Gasteiger partial charge in [-0.15, -0.1) is 11.3 Å². The van der Waals surface area contributed by atoms with Crippen LogP contribution in [0, 0.1) is 0 Å². The standard InChI is InChI=1S/C8H8F2OS/c9-8(10)3-1-6-5(7(8)11)2-4-12-6/h2,4,7,11H,1,3H2. The van der Waals surface area contributed by atoms with Crippen LogP contribution in [-0.2, 0) is 6.42 Å². The Bertz CT molecular complexity index is 295. The number of hydrogen-bond donors (Lipinski definition) is 1. The van der Waals surface area contributed by atoms with Gasteiger partial charge in [0, 0.05) is 16.9 Å². The van der Waals surface area contributed by atoms with E-state index in [0.29, 0.717) is 12.0 Å². The lowest BCUT2D eigenvalue weighted by Gasteiger charge is -2.27. The molecule has 0 aromatic carbocycles. The smallest absolute Gasteiger partial charge is 0.277 e. The Morgan fingerprint density at radius 1 is 1.58 bits per heavy atom. The maximum absolute atomic E-state index is 12.9. The lowest BCUT2D eigenvalue weighted by Crippen LogP contribution is -2.30. The van der Waals surface area contributed by atoms with Crippen molar-refractivity contribution in [3.63, 3.8) is 0 Å². The molecular weight excluding hydrogens is 182 g/mol. The molecule has 0 bridgehead atoms. The summed E-state index contributed by atoms with van der Waals surface area (Å²) in [4.78, 5) is 0.897. The van der Waals surface area contributed by atoms with Crippen LogP contribution in [0.25, 0.3) is 0 Å². The zero-order chi connectivity index (χ0) is 8.77. The highest BCUT2D eigenvalue weighted by Gasteiger charge is 2.43. The van der Waals surface area contributed by atoms with Gasteiger partial charge in [-0.3, -0.25) is 0 Å². The fourth-order valence-corrected chi connectivity index (χ4v) is 2.36. The summed E-state index contributed by atoms with van der Waals surface area (Å²) in [6, 6.07) is 1.58. The lowest BCUT2D eigenvalue weighted by atomic mass is 9.93. The molecule has 1 aromatic rings. The third-order valence-corrected chi connectivity index (χ3v) is 3.16. The van der Waals surface area contributed by atoms with E-state index in [-0.39, 0.29) is 6.42 Å². The van der Waals surface area contributed by atoms with Crippen molar-refractivity contribution in [3.8, 4) is 0 Å². The summed E-state index contributed by atoms with van der Waals surface area (Å²) >= 11 is 1.44. The molecule has 2 rings (SSSR count). The van der Waals surface area contributed by atoms with Gasteiger partial charge in [-0.2, -0.15) is 0 Å². The molecule has 0 radical (unpaired) electrons. The summed E-state index contributed by atoms with van der Waals surface area (Å²) < 4.78 is 25.8. The van der Waals surface area contributed by atoms with E-state index < -0.39 is 12.0 Å². The summed E-state index contributed by atoms with van der Waals surface area (Å²) in [5.74, 6) is -2.94.